The molecule has 0 saturated heterocycles. The van der Waals surface area contributed by atoms with E-state index in [1.54, 1.807) is 14.0 Å². The van der Waals surface area contributed by atoms with Crippen LogP contribution in [0.2, 0.25) is 5.02 Å². The zero-order valence-electron chi connectivity index (χ0n) is 13.0. The van der Waals surface area contributed by atoms with Crippen LogP contribution in [0.15, 0.2) is 40.9 Å². The molecular formula is C18H15BrClNO2. The fraction of sp³-hybridized carbons (Fsp3) is 0.167. The summed E-state index contributed by atoms with van der Waals surface area (Å²) in [6.07, 6.45) is 0. The third kappa shape index (κ3) is 2.66. The van der Waals surface area contributed by atoms with E-state index >= 15 is 0 Å². The summed E-state index contributed by atoms with van der Waals surface area (Å²) in [4.78, 5) is 12.2. The number of nitrogens with zero attached hydrogens (tertiary/aromatic N) is 1. The van der Waals surface area contributed by atoms with Gasteiger partial charge in [-0.3, -0.25) is 4.79 Å². The second-order valence-electron chi connectivity index (χ2n) is 5.33. The van der Waals surface area contributed by atoms with Crippen molar-refractivity contribution in [1.82, 2.24) is 4.57 Å². The standard InChI is InChI=1S/C18H15BrClNO2/c1-10-18(11(2)22)14-8-17(23-3)15(19)9-16(14)21(10)13-6-4-12(20)5-7-13/h4-9H,1-3H3. The van der Waals surface area contributed by atoms with Gasteiger partial charge >= 0.3 is 0 Å². The van der Waals surface area contributed by atoms with Gasteiger partial charge in [-0.25, -0.2) is 0 Å². The molecule has 3 rings (SSSR count). The third-order valence-electron chi connectivity index (χ3n) is 3.91. The Labute approximate surface area is 147 Å². The van der Waals surface area contributed by atoms with Crippen LogP contribution in [-0.2, 0) is 0 Å². The average Bonchev–Trinajstić information content (AvgIpc) is 2.78. The van der Waals surface area contributed by atoms with Crippen LogP contribution in [0.1, 0.15) is 23.0 Å². The molecule has 1 heterocycles. The molecule has 0 amide bonds. The van der Waals surface area contributed by atoms with Gasteiger partial charge in [0.25, 0.3) is 0 Å². The highest BCUT2D eigenvalue weighted by atomic mass is 79.9. The Bertz CT molecular complexity index is 913. The number of carbonyl (C=O) groups excluding carboxylic acids is 1. The molecule has 0 saturated carbocycles. The van der Waals surface area contributed by atoms with E-state index < -0.39 is 0 Å². The van der Waals surface area contributed by atoms with Crippen LogP contribution in [0, 0.1) is 6.92 Å². The fourth-order valence-corrected chi connectivity index (χ4v) is 3.56. The van der Waals surface area contributed by atoms with Gasteiger partial charge in [-0.05, 0) is 66.2 Å². The molecule has 0 N–H and O–H groups in total. The van der Waals surface area contributed by atoms with Crippen LogP contribution in [0.25, 0.3) is 16.6 Å². The molecule has 0 bridgehead atoms. The molecule has 0 atom stereocenters. The minimum atomic E-state index is 0.0320. The van der Waals surface area contributed by atoms with Crippen molar-refractivity contribution >= 4 is 44.2 Å². The van der Waals surface area contributed by atoms with Crippen molar-refractivity contribution in [1.29, 1.82) is 0 Å². The normalized spacial score (nSPS) is 11.0. The topological polar surface area (TPSA) is 31.2 Å². The van der Waals surface area contributed by atoms with Crippen LogP contribution in [0.5, 0.6) is 5.75 Å². The first-order chi connectivity index (χ1) is 10.9. The first-order valence-corrected chi connectivity index (χ1v) is 8.26. The number of hydrogen-bond acceptors (Lipinski definition) is 2. The van der Waals surface area contributed by atoms with Gasteiger partial charge in [0.05, 0.1) is 17.1 Å². The minimum absolute atomic E-state index is 0.0320. The van der Waals surface area contributed by atoms with E-state index in [-0.39, 0.29) is 5.78 Å². The second-order valence-corrected chi connectivity index (χ2v) is 6.62. The number of hydrogen-bond donors (Lipinski definition) is 0. The van der Waals surface area contributed by atoms with E-state index in [1.165, 1.54) is 0 Å². The molecule has 0 radical (unpaired) electrons. The fourth-order valence-electron chi connectivity index (χ4n) is 2.94. The predicted octanol–water partition coefficient (Wildman–Crippen LogP) is 5.57. The largest absolute Gasteiger partial charge is 0.496 e. The highest BCUT2D eigenvalue weighted by Gasteiger charge is 2.20. The molecule has 0 aliphatic carbocycles. The summed E-state index contributed by atoms with van der Waals surface area (Å²) in [6, 6.07) is 11.4. The lowest BCUT2D eigenvalue weighted by Gasteiger charge is -2.10. The molecule has 0 spiro atoms. The number of carbonyl (C=O) groups is 1. The van der Waals surface area contributed by atoms with Crippen molar-refractivity contribution in [3.63, 3.8) is 0 Å². The van der Waals surface area contributed by atoms with Crippen molar-refractivity contribution in [2.45, 2.75) is 13.8 Å². The summed E-state index contributed by atoms with van der Waals surface area (Å²) in [6.45, 7) is 3.54. The summed E-state index contributed by atoms with van der Waals surface area (Å²) in [5, 5.41) is 1.56. The average molecular weight is 393 g/mol. The SMILES string of the molecule is COc1cc2c(C(C)=O)c(C)n(-c3ccc(Cl)cc3)c2cc1Br. The van der Waals surface area contributed by atoms with E-state index in [0.29, 0.717) is 16.3 Å². The molecule has 118 valence electrons. The van der Waals surface area contributed by atoms with Gasteiger partial charge in [0.1, 0.15) is 5.75 Å². The predicted molar refractivity (Wildman–Crippen MR) is 97.3 cm³/mol. The number of Topliss-reactive ketones (excluding diaryl/α,β-unsaturated/α-hetero) is 1. The number of benzene rings is 2. The van der Waals surface area contributed by atoms with Crippen molar-refractivity contribution in [3.05, 3.63) is 57.2 Å². The van der Waals surface area contributed by atoms with Crippen LogP contribution in [-0.4, -0.2) is 17.5 Å². The van der Waals surface area contributed by atoms with Crippen molar-refractivity contribution < 1.29 is 9.53 Å². The zero-order valence-corrected chi connectivity index (χ0v) is 15.3. The molecular weight excluding hydrogens is 378 g/mol. The maximum Gasteiger partial charge on any atom is 0.162 e. The first kappa shape index (κ1) is 16.1. The molecule has 5 heteroatoms. The van der Waals surface area contributed by atoms with Gasteiger partial charge in [-0.15, -0.1) is 0 Å². The quantitative estimate of drug-likeness (QED) is 0.546. The lowest BCUT2D eigenvalue weighted by molar-refractivity contribution is 0.101. The van der Waals surface area contributed by atoms with E-state index in [2.05, 4.69) is 20.5 Å². The summed E-state index contributed by atoms with van der Waals surface area (Å²) in [5.41, 5.74) is 3.51. The number of ether oxygens (including phenoxy) is 1. The molecule has 1 aromatic heterocycles. The van der Waals surface area contributed by atoms with Crippen molar-refractivity contribution in [3.8, 4) is 11.4 Å². The van der Waals surface area contributed by atoms with E-state index in [1.807, 2.05) is 43.3 Å². The van der Waals surface area contributed by atoms with Crippen LogP contribution < -0.4 is 4.74 Å². The number of halogens is 2. The number of ketones is 1. The van der Waals surface area contributed by atoms with Crippen molar-refractivity contribution in [2.75, 3.05) is 7.11 Å². The summed E-state index contributed by atoms with van der Waals surface area (Å²) in [7, 11) is 1.61. The van der Waals surface area contributed by atoms with Gasteiger partial charge in [-0.2, -0.15) is 0 Å². The Morgan fingerprint density at radius 3 is 2.43 bits per heavy atom. The Balaban J connectivity index is 2.42. The lowest BCUT2D eigenvalue weighted by Crippen LogP contribution is -1.99. The van der Waals surface area contributed by atoms with Crippen LogP contribution >= 0.6 is 27.5 Å². The van der Waals surface area contributed by atoms with E-state index in [0.717, 1.165) is 26.8 Å². The highest BCUT2D eigenvalue weighted by Crippen LogP contribution is 2.36. The molecule has 0 aliphatic heterocycles. The van der Waals surface area contributed by atoms with Crippen molar-refractivity contribution in [2.24, 2.45) is 0 Å². The third-order valence-corrected chi connectivity index (χ3v) is 4.79. The molecule has 2 aromatic carbocycles. The van der Waals surface area contributed by atoms with Gasteiger partial charge in [0.15, 0.2) is 5.78 Å². The van der Waals surface area contributed by atoms with E-state index in [9.17, 15) is 4.79 Å². The maximum atomic E-state index is 12.2. The van der Waals surface area contributed by atoms with Gasteiger partial charge < -0.3 is 9.30 Å². The Morgan fingerprint density at radius 1 is 1.22 bits per heavy atom. The molecule has 0 fully saturated rings. The second kappa shape index (κ2) is 6.02. The van der Waals surface area contributed by atoms with Gasteiger partial charge in [0.2, 0.25) is 0 Å². The Morgan fingerprint density at radius 2 is 1.87 bits per heavy atom. The first-order valence-electron chi connectivity index (χ1n) is 7.09. The zero-order chi connectivity index (χ0) is 16.7. The summed E-state index contributed by atoms with van der Waals surface area (Å²) in [5.74, 6) is 0.734. The molecule has 0 aliphatic rings. The van der Waals surface area contributed by atoms with Gasteiger partial charge in [-0.1, -0.05) is 11.6 Å². The highest BCUT2D eigenvalue weighted by molar-refractivity contribution is 9.10. The maximum absolute atomic E-state index is 12.2. The summed E-state index contributed by atoms with van der Waals surface area (Å²) < 4.78 is 8.28. The van der Waals surface area contributed by atoms with Crippen LogP contribution in [0.3, 0.4) is 0 Å². The number of fused-ring (bicyclic) bond motifs is 1. The smallest absolute Gasteiger partial charge is 0.162 e. The number of methoxy groups -OCH3 is 1. The lowest BCUT2D eigenvalue weighted by atomic mass is 10.1. The molecule has 3 nitrogen and oxygen atoms in total. The Kier molecular flexibility index (Phi) is 4.21. The number of aromatic nitrogens is 1. The molecule has 3 aromatic rings. The minimum Gasteiger partial charge on any atom is -0.496 e. The van der Waals surface area contributed by atoms with Gasteiger partial charge in [0, 0.05) is 27.4 Å². The molecule has 0 unspecified atom stereocenters. The van der Waals surface area contributed by atoms with E-state index in [4.69, 9.17) is 16.3 Å². The Hall–Kier alpha value is -1.78. The molecule has 23 heavy (non-hydrogen) atoms. The summed E-state index contributed by atoms with van der Waals surface area (Å²) >= 11 is 9.51. The number of rotatable bonds is 3. The monoisotopic (exact) mass is 391 g/mol. The van der Waals surface area contributed by atoms with Crippen LogP contribution in [0.4, 0.5) is 0 Å².